The van der Waals surface area contributed by atoms with E-state index in [0.29, 0.717) is 22.5 Å². The third-order valence-corrected chi connectivity index (χ3v) is 4.64. The van der Waals surface area contributed by atoms with Crippen LogP contribution in [0.25, 0.3) is 11.3 Å². The van der Waals surface area contributed by atoms with Crippen molar-refractivity contribution in [1.29, 1.82) is 0 Å². The van der Waals surface area contributed by atoms with Gasteiger partial charge in [0.05, 0.1) is 41.0 Å². The first-order valence-electron chi connectivity index (χ1n) is 9.55. The summed E-state index contributed by atoms with van der Waals surface area (Å²) in [4.78, 5) is 21.6. The molecule has 1 amide bonds. The number of carbonyl (C=O) groups excluding carboxylic acids is 1. The van der Waals surface area contributed by atoms with E-state index in [4.69, 9.17) is 0 Å². The number of nitrogens with one attached hydrogen (secondary N) is 1. The summed E-state index contributed by atoms with van der Waals surface area (Å²) in [5.74, 6) is -0.959. The van der Waals surface area contributed by atoms with Gasteiger partial charge in [-0.1, -0.05) is 12.1 Å². The fourth-order valence-electron chi connectivity index (χ4n) is 3.16. The summed E-state index contributed by atoms with van der Waals surface area (Å²) in [5, 5.41) is 17.5. The van der Waals surface area contributed by atoms with Crippen LogP contribution in [0, 0.1) is 6.92 Å². The second kappa shape index (κ2) is 8.58. The minimum Gasteiger partial charge on any atom is -0.406 e. The summed E-state index contributed by atoms with van der Waals surface area (Å²) in [6, 6.07) is 3.98. The van der Waals surface area contributed by atoms with Crippen molar-refractivity contribution in [3.05, 3.63) is 59.8 Å². The molecule has 0 aliphatic heterocycles. The molecule has 0 saturated heterocycles. The van der Waals surface area contributed by atoms with Crippen LogP contribution in [0.4, 0.5) is 13.2 Å². The molecule has 11 heteroatoms. The molecule has 2 N–H and O–H groups in total. The fraction of sp³-hybridized carbons (Fsp3) is 0.333. The van der Waals surface area contributed by atoms with Gasteiger partial charge < -0.3 is 15.2 Å². The highest BCUT2D eigenvalue weighted by molar-refractivity contribution is 5.99. The molecule has 0 aliphatic carbocycles. The number of aryl methyl sites for hydroxylation is 2. The minimum atomic E-state index is -4.82. The molecule has 8 nitrogen and oxygen atoms in total. The molecule has 3 rings (SSSR count). The largest absolute Gasteiger partial charge is 0.573 e. The molecule has 0 aliphatic rings. The minimum absolute atomic E-state index is 0.189. The number of benzene rings is 1. The zero-order valence-electron chi connectivity index (χ0n) is 17.8. The Morgan fingerprint density at radius 3 is 2.31 bits per heavy atom. The van der Waals surface area contributed by atoms with Crippen molar-refractivity contribution in [2.24, 2.45) is 7.05 Å². The summed E-state index contributed by atoms with van der Waals surface area (Å²) in [7, 11) is 1.59. The van der Waals surface area contributed by atoms with Gasteiger partial charge in [0.25, 0.3) is 5.91 Å². The van der Waals surface area contributed by atoms with Gasteiger partial charge in [-0.2, -0.15) is 5.10 Å². The van der Waals surface area contributed by atoms with E-state index >= 15 is 0 Å². The Bertz CT molecular complexity index is 1090. The lowest BCUT2D eigenvalue weighted by Crippen LogP contribution is -2.42. The average Bonchev–Trinajstić information content (AvgIpc) is 3.07. The van der Waals surface area contributed by atoms with Gasteiger partial charge in [-0.25, -0.2) is 0 Å². The molecule has 32 heavy (non-hydrogen) atoms. The van der Waals surface area contributed by atoms with Crippen LogP contribution in [0.3, 0.4) is 0 Å². The first-order chi connectivity index (χ1) is 14.8. The predicted octanol–water partition coefficient (Wildman–Crippen LogP) is 3.33. The van der Waals surface area contributed by atoms with Crippen molar-refractivity contribution in [3.8, 4) is 17.0 Å². The van der Waals surface area contributed by atoms with Crippen LogP contribution in [-0.4, -0.2) is 42.7 Å². The quantitative estimate of drug-likeness (QED) is 0.599. The van der Waals surface area contributed by atoms with Crippen LogP contribution < -0.4 is 10.1 Å². The topological polar surface area (TPSA) is 102 Å². The van der Waals surface area contributed by atoms with Gasteiger partial charge >= 0.3 is 6.36 Å². The zero-order chi connectivity index (χ0) is 23.7. The molecule has 170 valence electrons. The van der Waals surface area contributed by atoms with Crippen molar-refractivity contribution >= 4 is 5.91 Å². The van der Waals surface area contributed by atoms with Gasteiger partial charge in [0.1, 0.15) is 11.4 Å². The van der Waals surface area contributed by atoms with E-state index in [9.17, 15) is 23.1 Å². The Hall–Kier alpha value is -3.47. The number of aliphatic hydroxyl groups is 1. The van der Waals surface area contributed by atoms with Crippen LogP contribution in [0.2, 0.25) is 0 Å². The molecule has 3 aromatic rings. The predicted molar refractivity (Wildman–Crippen MR) is 109 cm³/mol. The van der Waals surface area contributed by atoms with E-state index < -0.39 is 29.7 Å². The third kappa shape index (κ3) is 5.41. The number of carbonyl (C=O) groups is 1. The molecule has 0 fully saturated rings. The number of nitrogens with zero attached hydrogens (tertiary/aromatic N) is 4. The third-order valence-electron chi connectivity index (χ3n) is 4.64. The Morgan fingerprint density at radius 1 is 1.12 bits per heavy atom. The van der Waals surface area contributed by atoms with Gasteiger partial charge in [0.2, 0.25) is 0 Å². The number of halogens is 3. The van der Waals surface area contributed by atoms with E-state index in [1.165, 1.54) is 43.1 Å². The van der Waals surface area contributed by atoms with Crippen molar-refractivity contribution in [1.82, 2.24) is 25.1 Å². The average molecular weight is 449 g/mol. The molecule has 0 spiro atoms. The molecule has 1 unspecified atom stereocenters. The van der Waals surface area contributed by atoms with Gasteiger partial charge in [0, 0.05) is 13.2 Å². The van der Waals surface area contributed by atoms with Gasteiger partial charge in [-0.3, -0.25) is 19.4 Å². The maximum atomic E-state index is 13.2. The normalized spacial score (nSPS) is 13.0. The van der Waals surface area contributed by atoms with Crippen molar-refractivity contribution in [2.75, 3.05) is 0 Å². The number of ether oxygens (including phenoxy) is 1. The Balaban J connectivity index is 1.90. The molecule has 0 saturated carbocycles. The van der Waals surface area contributed by atoms with Crippen LogP contribution in [-0.2, 0) is 7.05 Å². The zero-order valence-corrected chi connectivity index (χ0v) is 17.8. The number of rotatable bonds is 6. The molecular formula is C21H22F3N5O3. The lowest BCUT2D eigenvalue weighted by molar-refractivity contribution is -0.274. The lowest BCUT2D eigenvalue weighted by atomic mass is 9.91. The van der Waals surface area contributed by atoms with Crippen LogP contribution in [0.5, 0.6) is 5.75 Å². The van der Waals surface area contributed by atoms with Crippen LogP contribution in [0.15, 0.2) is 42.9 Å². The lowest BCUT2D eigenvalue weighted by Gasteiger charge is -2.31. The maximum Gasteiger partial charge on any atom is 0.573 e. The standard InChI is InChI=1S/C21H22F3N5O3/c1-12-9-26-16(11-25-12)15-10-27-29(4)17(15)19(30)28-18(20(2,3)31)13-5-7-14(8-6-13)32-21(22,23)24/h5-11,18,31H,1-4H3,(H,28,30). The summed E-state index contributed by atoms with van der Waals surface area (Å²) in [6.45, 7) is 4.74. The van der Waals surface area contributed by atoms with E-state index in [1.807, 2.05) is 0 Å². The second-order valence-electron chi connectivity index (χ2n) is 7.75. The van der Waals surface area contributed by atoms with E-state index in [0.717, 1.165) is 12.1 Å². The highest BCUT2D eigenvalue weighted by Crippen LogP contribution is 2.30. The highest BCUT2D eigenvalue weighted by Gasteiger charge is 2.33. The Kier molecular flexibility index (Phi) is 6.22. The molecule has 0 bridgehead atoms. The number of amides is 1. The number of hydrogen-bond donors (Lipinski definition) is 2. The highest BCUT2D eigenvalue weighted by atomic mass is 19.4. The van der Waals surface area contributed by atoms with Crippen molar-refractivity contribution in [2.45, 2.75) is 38.8 Å². The number of alkyl halides is 3. The van der Waals surface area contributed by atoms with E-state index in [-0.39, 0.29) is 5.69 Å². The molecule has 0 radical (unpaired) electrons. The summed E-state index contributed by atoms with van der Waals surface area (Å²) in [5.41, 5.74) is 0.741. The van der Waals surface area contributed by atoms with Crippen molar-refractivity contribution in [3.63, 3.8) is 0 Å². The smallest absolute Gasteiger partial charge is 0.406 e. The Morgan fingerprint density at radius 2 is 1.78 bits per heavy atom. The molecule has 2 heterocycles. The van der Waals surface area contributed by atoms with E-state index in [1.54, 1.807) is 20.2 Å². The van der Waals surface area contributed by atoms with Crippen molar-refractivity contribution < 1.29 is 27.8 Å². The maximum absolute atomic E-state index is 13.2. The molecular weight excluding hydrogens is 427 g/mol. The molecule has 1 atom stereocenters. The fourth-order valence-corrected chi connectivity index (χ4v) is 3.16. The SMILES string of the molecule is Cc1cnc(-c2cnn(C)c2C(=O)NC(c2ccc(OC(F)(F)F)cc2)C(C)(C)O)cn1. The number of aromatic nitrogens is 4. The summed E-state index contributed by atoms with van der Waals surface area (Å²) >= 11 is 0. The van der Waals surface area contributed by atoms with Crippen LogP contribution >= 0.6 is 0 Å². The van der Waals surface area contributed by atoms with Gasteiger partial charge in [-0.05, 0) is 38.5 Å². The van der Waals surface area contributed by atoms with Gasteiger partial charge in [0.15, 0.2) is 0 Å². The monoisotopic (exact) mass is 449 g/mol. The van der Waals surface area contributed by atoms with E-state index in [2.05, 4.69) is 25.1 Å². The first-order valence-corrected chi connectivity index (χ1v) is 9.55. The molecule has 1 aromatic carbocycles. The Labute approximate surface area is 182 Å². The van der Waals surface area contributed by atoms with Gasteiger partial charge in [-0.15, -0.1) is 13.2 Å². The second-order valence-corrected chi connectivity index (χ2v) is 7.75. The summed E-state index contributed by atoms with van der Waals surface area (Å²) < 4.78 is 42.5. The van der Waals surface area contributed by atoms with Crippen LogP contribution in [0.1, 0.15) is 41.6 Å². The molecule has 2 aromatic heterocycles. The first kappa shape index (κ1) is 23.2. The number of hydrogen-bond acceptors (Lipinski definition) is 6. The summed E-state index contributed by atoms with van der Waals surface area (Å²) in [6.07, 6.45) is -0.249.